The van der Waals surface area contributed by atoms with Crippen LogP contribution in [0.1, 0.15) is 22.8 Å². The maximum absolute atomic E-state index is 12.2. The molecule has 1 amide bonds. The zero-order valence-electron chi connectivity index (χ0n) is 14.0. The summed E-state index contributed by atoms with van der Waals surface area (Å²) in [5.74, 6) is -1.03. The molecule has 0 saturated heterocycles. The SMILES string of the molecule is COc1ccc(NC(=O)[C@H](C)OC(=O)c2ccc(C)cc2O)cc1Cl. The lowest BCUT2D eigenvalue weighted by Gasteiger charge is -2.14. The molecule has 0 saturated carbocycles. The number of phenols is 1. The first kappa shape index (κ1) is 18.6. The van der Waals surface area contributed by atoms with Gasteiger partial charge in [-0.25, -0.2) is 4.79 Å². The van der Waals surface area contributed by atoms with Gasteiger partial charge in [0.05, 0.1) is 12.1 Å². The number of carbonyl (C=O) groups excluding carboxylic acids is 2. The van der Waals surface area contributed by atoms with Gasteiger partial charge in [-0.15, -0.1) is 0 Å². The van der Waals surface area contributed by atoms with Crippen LogP contribution in [0.5, 0.6) is 11.5 Å². The molecule has 132 valence electrons. The summed E-state index contributed by atoms with van der Waals surface area (Å²) >= 11 is 6.00. The highest BCUT2D eigenvalue weighted by molar-refractivity contribution is 6.32. The lowest BCUT2D eigenvalue weighted by Crippen LogP contribution is -2.30. The Balaban J connectivity index is 2.02. The van der Waals surface area contributed by atoms with Crippen LogP contribution in [-0.2, 0) is 9.53 Å². The van der Waals surface area contributed by atoms with Crippen molar-refractivity contribution >= 4 is 29.2 Å². The minimum atomic E-state index is -1.06. The van der Waals surface area contributed by atoms with Gasteiger partial charge in [-0.3, -0.25) is 4.79 Å². The van der Waals surface area contributed by atoms with E-state index in [1.54, 1.807) is 25.1 Å². The third-order valence-electron chi connectivity index (χ3n) is 3.45. The fraction of sp³-hybridized carbons (Fsp3) is 0.222. The minimum Gasteiger partial charge on any atom is -0.507 e. The van der Waals surface area contributed by atoms with E-state index in [0.717, 1.165) is 5.56 Å². The lowest BCUT2D eigenvalue weighted by molar-refractivity contribution is -0.123. The molecule has 0 bridgehead atoms. The molecule has 0 aliphatic rings. The van der Waals surface area contributed by atoms with Crippen molar-refractivity contribution in [2.45, 2.75) is 20.0 Å². The molecule has 0 aromatic heterocycles. The van der Waals surface area contributed by atoms with Crippen molar-refractivity contribution in [3.8, 4) is 11.5 Å². The molecule has 0 heterocycles. The predicted molar refractivity (Wildman–Crippen MR) is 94.4 cm³/mol. The molecule has 25 heavy (non-hydrogen) atoms. The molecule has 7 heteroatoms. The average molecular weight is 364 g/mol. The molecule has 2 aromatic carbocycles. The highest BCUT2D eigenvalue weighted by atomic mass is 35.5. The largest absolute Gasteiger partial charge is 0.507 e. The summed E-state index contributed by atoms with van der Waals surface area (Å²) in [5.41, 5.74) is 1.24. The van der Waals surface area contributed by atoms with E-state index < -0.39 is 18.0 Å². The van der Waals surface area contributed by atoms with Gasteiger partial charge in [0.15, 0.2) is 6.10 Å². The number of halogens is 1. The molecule has 0 unspecified atom stereocenters. The Morgan fingerprint density at radius 3 is 2.52 bits per heavy atom. The number of hydrogen-bond acceptors (Lipinski definition) is 5. The number of phenolic OH excluding ortho intramolecular Hbond substituents is 1. The molecule has 6 nitrogen and oxygen atoms in total. The van der Waals surface area contributed by atoms with Gasteiger partial charge in [-0.05, 0) is 49.7 Å². The smallest absolute Gasteiger partial charge is 0.342 e. The highest BCUT2D eigenvalue weighted by Gasteiger charge is 2.21. The standard InChI is InChI=1S/C18H18ClNO5/c1-10-4-6-13(15(21)8-10)18(23)25-11(2)17(22)20-12-5-7-16(24-3)14(19)9-12/h4-9,11,21H,1-3H3,(H,20,22)/t11-/m0/s1. The van der Waals surface area contributed by atoms with E-state index in [1.807, 2.05) is 0 Å². The topological polar surface area (TPSA) is 84.9 Å². The number of aryl methyl sites for hydroxylation is 1. The second kappa shape index (κ2) is 7.90. The normalized spacial score (nSPS) is 11.5. The van der Waals surface area contributed by atoms with Crippen molar-refractivity contribution in [2.24, 2.45) is 0 Å². The van der Waals surface area contributed by atoms with E-state index in [9.17, 15) is 14.7 Å². The Morgan fingerprint density at radius 1 is 1.20 bits per heavy atom. The van der Waals surface area contributed by atoms with E-state index in [2.05, 4.69) is 5.32 Å². The van der Waals surface area contributed by atoms with Crippen LogP contribution in [0.25, 0.3) is 0 Å². The van der Waals surface area contributed by atoms with Crippen molar-refractivity contribution < 1.29 is 24.2 Å². The Hall–Kier alpha value is -2.73. The Labute approximate surface area is 150 Å². The van der Waals surface area contributed by atoms with Gasteiger partial charge in [-0.1, -0.05) is 17.7 Å². The number of anilines is 1. The summed E-state index contributed by atoms with van der Waals surface area (Å²) < 4.78 is 10.1. The number of amides is 1. The van der Waals surface area contributed by atoms with Crippen LogP contribution in [-0.4, -0.2) is 30.2 Å². The fourth-order valence-corrected chi connectivity index (χ4v) is 2.34. The Morgan fingerprint density at radius 2 is 1.92 bits per heavy atom. The van der Waals surface area contributed by atoms with Gasteiger partial charge >= 0.3 is 5.97 Å². The summed E-state index contributed by atoms with van der Waals surface area (Å²) in [6, 6.07) is 9.31. The van der Waals surface area contributed by atoms with E-state index in [4.69, 9.17) is 21.1 Å². The first-order valence-corrected chi connectivity index (χ1v) is 7.84. The summed E-state index contributed by atoms with van der Waals surface area (Å²) in [4.78, 5) is 24.2. The molecular formula is C18H18ClNO5. The first-order chi connectivity index (χ1) is 11.8. The van der Waals surface area contributed by atoms with Crippen LogP contribution in [0, 0.1) is 6.92 Å². The number of benzene rings is 2. The maximum Gasteiger partial charge on any atom is 0.342 e. The number of esters is 1. The Bertz CT molecular complexity index is 806. The van der Waals surface area contributed by atoms with E-state index in [1.165, 1.54) is 32.2 Å². The molecule has 0 fully saturated rings. The third kappa shape index (κ3) is 4.64. The van der Waals surface area contributed by atoms with Crippen LogP contribution >= 0.6 is 11.6 Å². The second-order valence-corrected chi connectivity index (χ2v) is 5.81. The molecule has 0 spiro atoms. The van der Waals surface area contributed by atoms with Crippen LogP contribution in [0.3, 0.4) is 0 Å². The molecular weight excluding hydrogens is 346 g/mol. The summed E-state index contributed by atoms with van der Waals surface area (Å²) in [6.45, 7) is 3.22. The van der Waals surface area contributed by atoms with Gasteiger partial charge in [-0.2, -0.15) is 0 Å². The van der Waals surface area contributed by atoms with Crippen molar-refractivity contribution in [2.75, 3.05) is 12.4 Å². The van der Waals surface area contributed by atoms with Gasteiger partial charge in [0.25, 0.3) is 5.91 Å². The van der Waals surface area contributed by atoms with Crippen molar-refractivity contribution in [3.05, 3.63) is 52.5 Å². The number of methoxy groups -OCH3 is 1. The average Bonchev–Trinajstić information content (AvgIpc) is 2.54. The number of carbonyl (C=O) groups is 2. The molecule has 0 aliphatic heterocycles. The van der Waals surface area contributed by atoms with Gasteiger partial charge in [0.2, 0.25) is 0 Å². The maximum atomic E-state index is 12.2. The van der Waals surface area contributed by atoms with Crippen molar-refractivity contribution in [1.82, 2.24) is 0 Å². The quantitative estimate of drug-likeness (QED) is 0.793. The van der Waals surface area contributed by atoms with Crippen LogP contribution in [0.15, 0.2) is 36.4 Å². The first-order valence-electron chi connectivity index (χ1n) is 7.47. The van der Waals surface area contributed by atoms with Gasteiger partial charge < -0.3 is 19.9 Å². The molecule has 2 N–H and O–H groups in total. The summed E-state index contributed by atoms with van der Waals surface area (Å²) in [7, 11) is 1.49. The number of aromatic hydroxyl groups is 1. The van der Waals surface area contributed by atoms with E-state index in [0.29, 0.717) is 16.5 Å². The van der Waals surface area contributed by atoms with Crippen LogP contribution in [0.2, 0.25) is 5.02 Å². The summed E-state index contributed by atoms with van der Waals surface area (Å²) in [5, 5.41) is 12.7. The van der Waals surface area contributed by atoms with Crippen molar-refractivity contribution in [1.29, 1.82) is 0 Å². The highest BCUT2D eigenvalue weighted by Crippen LogP contribution is 2.27. The summed E-state index contributed by atoms with van der Waals surface area (Å²) in [6.07, 6.45) is -1.06. The number of rotatable bonds is 5. The molecule has 0 aliphatic carbocycles. The van der Waals surface area contributed by atoms with E-state index in [-0.39, 0.29) is 11.3 Å². The molecule has 2 rings (SSSR count). The second-order valence-electron chi connectivity index (χ2n) is 5.41. The van der Waals surface area contributed by atoms with Gasteiger partial charge in [0, 0.05) is 5.69 Å². The lowest BCUT2D eigenvalue weighted by atomic mass is 10.1. The van der Waals surface area contributed by atoms with Crippen LogP contribution in [0.4, 0.5) is 5.69 Å². The number of ether oxygens (including phenoxy) is 2. The van der Waals surface area contributed by atoms with E-state index >= 15 is 0 Å². The van der Waals surface area contributed by atoms with Gasteiger partial charge in [0.1, 0.15) is 17.1 Å². The molecule has 1 atom stereocenters. The number of hydrogen-bond donors (Lipinski definition) is 2. The Kier molecular flexibility index (Phi) is 5.88. The predicted octanol–water partition coefficient (Wildman–Crippen LogP) is 3.55. The van der Waals surface area contributed by atoms with Crippen molar-refractivity contribution in [3.63, 3.8) is 0 Å². The zero-order chi connectivity index (χ0) is 18.6. The fourth-order valence-electron chi connectivity index (χ4n) is 2.08. The van der Waals surface area contributed by atoms with Crippen LogP contribution < -0.4 is 10.1 Å². The monoisotopic (exact) mass is 363 g/mol. The molecule has 0 radical (unpaired) electrons. The third-order valence-corrected chi connectivity index (χ3v) is 3.74. The number of nitrogens with one attached hydrogen (secondary N) is 1. The zero-order valence-corrected chi connectivity index (χ0v) is 14.8. The molecule has 2 aromatic rings. The minimum absolute atomic E-state index is 0.00209.